The molecule has 0 aromatic heterocycles. The molecule has 1 aliphatic carbocycles. The van der Waals surface area contributed by atoms with Gasteiger partial charge in [0.25, 0.3) is 0 Å². The van der Waals surface area contributed by atoms with Crippen molar-refractivity contribution in [1.29, 1.82) is 0 Å². The van der Waals surface area contributed by atoms with Crippen LogP contribution in [0.3, 0.4) is 0 Å². The fourth-order valence-corrected chi connectivity index (χ4v) is 5.46. The zero-order chi connectivity index (χ0) is 21.7. The average Bonchev–Trinajstić information content (AvgIpc) is 2.67. The van der Waals surface area contributed by atoms with Gasteiger partial charge in [-0.3, -0.25) is 4.79 Å². The van der Waals surface area contributed by atoms with Crippen LogP contribution < -0.4 is 5.32 Å². The maximum atomic E-state index is 12.9. The van der Waals surface area contributed by atoms with E-state index >= 15 is 0 Å². The molecule has 1 amide bonds. The van der Waals surface area contributed by atoms with Crippen molar-refractivity contribution in [2.75, 3.05) is 25.4 Å². The Balaban J connectivity index is 1.88. The summed E-state index contributed by atoms with van der Waals surface area (Å²) in [6, 6.07) is 4.08. The van der Waals surface area contributed by atoms with E-state index in [-0.39, 0.29) is 35.1 Å². The van der Waals surface area contributed by atoms with Gasteiger partial charge < -0.3 is 10.2 Å². The molecule has 9 heteroatoms. The number of carbonyl (C=O) groups is 1. The van der Waals surface area contributed by atoms with Gasteiger partial charge in [0.05, 0.1) is 22.8 Å². The Morgan fingerprint density at radius 3 is 2.31 bits per heavy atom. The predicted molar refractivity (Wildman–Crippen MR) is 105 cm³/mol. The summed E-state index contributed by atoms with van der Waals surface area (Å²) in [5, 5.41) is 3.24. The third-order valence-electron chi connectivity index (χ3n) is 5.48. The number of hydrogen-bond acceptors (Lipinski definition) is 4. The second-order valence-corrected chi connectivity index (χ2v) is 9.51. The first kappa shape index (κ1) is 23.7. The summed E-state index contributed by atoms with van der Waals surface area (Å²) in [5.41, 5.74) is -0.954. The molecule has 0 radical (unpaired) electrons. The maximum Gasteiger partial charge on any atom is 0.416 e. The van der Waals surface area contributed by atoms with Crippen LogP contribution in [0.2, 0.25) is 0 Å². The number of halogens is 3. The van der Waals surface area contributed by atoms with Crippen molar-refractivity contribution >= 4 is 15.7 Å². The van der Waals surface area contributed by atoms with Gasteiger partial charge in [-0.2, -0.15) is 13.2 Å². The number of likely N-dealkylation sites (N-methyl/N-ethyl adjacent to an activating group) is 1. The Hall–Kier alpha value is -1.61. The van der Waals surface area contributed by atoms with Crippen molar-refractivity contribution in [3.05, 3.63) is 29.8 Å². The normalized spacial score (nSPS) is 20.4. The molecule has 0 heterocycles. The monoisotopic (exact) mass is 434 g/mol. The molecule has 0 spiro atoms. The Kier molecular flexibility index (Phi) is 8.10. The summed E-state index contributed by atoms with van der Waals surface area (Å²) in [6.07, 6.45) is -1.76. The zero-order valence-electron chi connectivity index (χ0n) is 16.8. The lowest BCUT2D eigenvalue weighted by Crippen LogP contribution is -2.43. The van der Waals surface area contributed by atoms with Gasteiger partial charge in [-0.05, 0) is 63.6 Å². The van der Waals surface area contributed by atoms with E-state index in [2.05, 4.69) is 5.32 Å². The molecule has 1 aliphatic rings. The van der Waals surface area contributed by atoms with Crippen LogP contribution in [-0.4, -0.2) is 50.7 Å². The van der Waals surface area contributed by atoms with E-state index in [0.29, 0.717) is 32.0 Å². The van der Waals surface area contributed by atoms with Gasteiger partial charge in [-0.25, -0.2) is 8.42 Å². The molecule has 2 rings (SSSR count). The smallest absolute Gasteiger partial charge is 0.342 e. The molecule has 1 N–H and O–H groups in total. The number of nitrogens with one attached hydrogen (secondary N) is 1. The summed E-state index contributed by atoms with van der Waals surface area (Å²) < 4.78 is 63.7. The minimum Gasteiger partial charge on any atom is -0.342 e. The molecule has 1 aromatic carbocycles. The van der Waals surface area contributed by atoms with Gasteiger partial charge in [0.15, 0.2) is 9.84 Å². The van der Waals surface area contributed by atoms with Gasteiger partial charge in [-0.1, -0.05) is 6.07 Å². The van der Waals surface area contributed by atoms with Crippen LogP contribution in [0.25, 0.3) is 0 Å². The topological polar surface area (TPSA) is 66.5 Å². The Bertz CT molecular complexity index is 784. The van der Waals surface area contributed by atoms with E-state index < -0.39 is 21.6 Å². The van der Waals surface area contributed by atoms with Crippen molar-refractivity contribution in [1.82, 2.24) is 10.2 Å². The summed E-state index contributed by atoms with van der Waals surface area (Å²) in [6.45, 7) is 5.45. The number of rotatable bonds is 8. The summed E-state index contributed by atoms with van der Waals surface area (Å²) in [4.78, 5) is 13.5. The van der Waals surface area contributed by atoms with Gasteiger partial charge in [0, 0.05) is 19.1 Å². The number of alkyl halides is 3. The van der Waals surface area contributed by atoms with E-state index in [0.717, 1.165) is 25.0 Å². The summed E-state index contributed by atoms with van der Waals surface area (Å²) in [5.74, 6) is -0.199. The first-order valence-corrected chi connectivity index (χ1v) is 11.6. The van der Waals surface area contributed by atoms with Crippen LogP contribution >= 0.6 is 0 Å². The van der Waals surface area contributed by atoms with Gasteiger partial charge in [-0.15, -0.1) is 0 Å². The van der Waals surface area contributed by atoms with Crippen LogP contribution in [0.1, 0.15) is 45.1 Å². The Morgan fingerprint density at radius 1 is 1.14 bits per heavy atom. The number of hydrogen-bond donors (Lipinski definition) is 1. The molecular weight excluding hydrogens is 405 g/mol. The van der Waals surface area contributed by atoms with Gasteiger partial charge in [0.1, 0.15) is 0 Å². The third-order valence-corrected chi connectivity index (χ3v) is 7.36. The molecule has 29 heavy (non-hydrogen) atoms. The van der Waals surface area contributed by atoms with Gasteiger partial charge in [0.2, 0.25) is 5.91 Å². The quantitative estimate of drug-likeness (QED) is 0.680. The highest BCUT2D eigenvalue weighted by atomic mass is 32.2. The van der Waals surface area contributed by atoms with Crippen molar-refractivity contribution in [2.24, 2.45) is 5.92 Å². The molecular formula is C20H29F3N2O3S. The number of nitrogens with zero attached hydrogens (tertiary/aromatic N) is 1. The van der Waals surface area contributed by atoms with Crippen LogP contribution in [0.5, 0.6) is 0 Å². The van der Waals surface area contributed by atoms with E-state index in [9.17, 15) is 26.4 Å². The molecule has 1 fully saturated rings. The largest absolute Gasteiger partial charge is 0.416 e. The number of amides is 1. The van der Waals surface area contributed by atoms with Crippen molar-refractivity contribution in [3.8, 4) is 0 Å². The number of benzene rings is 1. The number of carbonyl (C=O) groups excluding carboxylic acids is 1. The van der Waals surface area contributed by atoms with Crippen molar-refractivity contribution < 1.29 is 26.4 Å². The highest BCUT2D eigenvalue weighted by Gasteiger charge is 2.32. The molecule has 0 bridgehead atoms. The van der Waals surface area contributed by atoms with E-state index in [1.165, 1.54) is 6.07 Å². The maximum absolute atomic E-state index is 12.9. The fraction of sp³-hybridized carbons (Fsp3) is 0.650. The molecule has 1 aromatic rings. The van der Waals surface area contributed by atoms with E-state index in [1.807, 2.05) is 13.8 Å². The Morgan fingerprint density at radius 2 is 1.76 bits per heavy atom. The molecule has 0 saturated heterocycles. The third kappa shape index (κ3) is 6.70. The van der Waals surface area contributed by atoms with E-state index in [4.69, 9.17) is 0 Å². The molecule has 5 nitrogen and oxygen atoms in total. The standard InChI is InChI=1S/C20H29F3N2O3S/c1-3-25(4-2)19(26)13-24-17-10-8-15(9-11-17)14-29(27,28)18-7-5-6-16(12-18)20(21,22)23/h5-7,12,15,17,24H,3-4,8-11,13-14H2,1-2H3/t15-,17-. The van der Waals surface area contributed by atoms with E-state index in [1.54, 1.807) is 4.90 Å². The Labute approximate surface area is 170 Å². The SMILES string of the molecule is CCN(CC)C(=O)CN[C@H]1CC[C@H](CS(=O)(=O)c2cccc(C(F)(F)F)c2)CC1. The molecule has 0 atom stereocenters. The van der Waals surface area contributed by atoms with Crippen molar-refractivity contribution in [2.45, 2.75) is 56.6 Å². The first-order chi connectivity index (χ1) is 13.6. The van der Waals surface area contributed by atoms with Crippen LogP contribution in [0.4, 0.5) is 13.2 Å². The predicted octanol–water partition coefficient (Wildman–Crippen LogP) is 3.50. The summed E-state index contributed by atoms with van der Waals surface area (Å²) >= 11 is 0. The highest BCUT2D eigenvalue weighted by Crippen LogP contribution is 2.32. The highest BCUT2D eigenvalue weighted by molar-refractivity contribution is 7.91. The lowest BCUT2D eigenvalue weighted by molar-refractivity contribution is -0.137. The minimum absolute atomic E-state index is 0.0456. The number of sulfone groups is 1. The fourth-order valence-electron chi connectivity index (χ4n) is 3.73. The first-order valence-electron chi connectivity index (χ1n) is 9.98. The minimum atomic E-state index is -4.57. The van der Waals surface area contributed by atoms with Crippen LogP contribution in [-0.2, 0) is 20.8 Å². The van der Waals surface area contributed by atoms with Crippen molar-refractivity contribution in [3.63, 3.8) is 0 Å². The zero-order valence-corrected chi connectivity index (χ0v) is 17.7. The van der Waals surface area contributed by atoms with Crippen LogP contribution in [0, 0.1) is 5.92 Å². The van der Waals surface area contributed by atoms with Crippen LogP contribution in [0.15, 0.2) is 29.2 Å². The summed E-state index contributed by atoms with van der Waals surface area (Å²) in [7, 11) is -3.79. The second-order valence-electron chi connectivity index (χ2n) is 7.47. The molecule has 164 valence electrons. The molecule has 1 saturated carbocycles. The lowest BCUT2D eigenvalue weighted by Gasteiger charge is -2.29. The van der Waals surface area contributed by atoms with Gasteiger partial charge >= 0.3 is 6.18 Å². The second kappa shape index (κ2) is 9.93. The molecule has 0 unspecified atom stereocenters. The lowest BCUT2D eigenvalue weighted by atomic mass is 9.87. The molecule has 0 aliphatic heterocycles. The average molecular weight is 435 g/mol.